The Morgan fingerprint density at radius 2 is 1.32 bits per heavy atom. The lowest BCUT2D eigenvalue weighted by Gasteiger charge is -2.34. The van der Waals surface area contributed by atoms with Crippen molar-refractivity contribution in [3.63, 3.8) is 0 Å². The number of esters is 1. The average Bonchev–Trinajstić information content (AvgIpc) is 2.14. The number of alkyl halides is 8. The fourth-order valence-corrected chi connectivity index (χ4v) is 0.694. The third-order valence-corrected chi connectivity index (χ3v) is 1.75. The van der Waals surface area contributed by atoms with Gasteiger partial charge in [0.25, 0.3) is 0 Å². The van der Waals surface area contributed by atoms with Crippen LogP contribution in [0, 0.1) is 0 Å². The van der Waals surface area contributed by atoms with E-state index in [0.29, 0.717) is 0 Å². The van der Waals surface area contributed by atoms with Gasteiger partial charge in [-0.05, 0) is 0 Å². The van der Waals surface area contributed by atoms with Gasteiger partial charge in [-0.2, -0.15) is 39.5 Å². The summed E-state index contributed by atoms with van der Waals surface area (Å²) in [6, 6.07) is 0. The molecule has 0 aliphatic rings. The van der Waals surface area contributed by atoms with E-state index in [9.17, 15) is 44.3 Å². The predicted molar refractivity (Wildman–Crippen MR) is 41.8 cm³/mol. The first-order valence-electron chi connectivity index (χ1n) is 4.17. The normalized spacial score (nSPS) is 14.2. The van der Waals surface area contributed by atoms with Gasteiger partial charge in [-0.3, -0.25) is 0 Å². The van der Waals surface area contributed by atoms with E-state index in [2.05, 4.69) is 11.3 Å². The molecule has 0 amide bonds. The van der Waals surface area contributed by atoms with Gasteiger partial charge in [0.15, 0.2) is 0 Å². The fraction of sp³-hybridized carbons (Fsp3) is 0.625. The monoisotopic (exact) mass is 304 g/mol. The first kappa shape index (κ1) is 17.6. The lowest BCUT2D eigenvalue weighted by Crippen LogP contribution is -2.62. The standard InChI is InChI=1S/C8H5F9O2/c1-3(9)4(18)19-8(16,17)7(14,15)6(12,13)5(2,10)11/h1H2,2H3. The highest BCUT2D eigenvalue weighted by atomic mass is 19.4. The van der Waals surface area contributed by atoms with E-state index in [4.69, 9.17) is 0 Å². The van der Waals surface area contributed by atoms with Crippen LogP contribution in [0.25, 0.3) is 0 Å². The quantitative estimate of drug-likeness (QED) is 0.441. The molecule has 0 aliphatic heterocycles. The molecule has 0 radical (unpaired) electrons. The number of hydrogen-bond acceptors (Lipinski definition) is 2. The Kier molecular flexibility index (Phi) is 4.26. The van der Waals surface area contributed by atoms with Crippen LogP contribution < -0.4 is 0 Å². The van der Waals surface area contributed by atoms with Crippen molar-refractivity contribution in [2.45, 2.75) is 30.8 Å². The Morgan fingerprint density at radius 1 is 0.947 bits per heavy atom. The minimum absolute atomic E-state index is 0.743. The van der Waals surface area contributed by atoms with Crippen LogP contribution in [0.15, 0.2) is 12.4 Å². The van der Waals surface area contributed by atoms with E-state index < -0.39 is 42.6 Å². The van der Waals surface area contributed by atoms with Crippen LogP contribution in [-0.2, 0) is 9.53 Å². The lowest BCUT2D eigenvalue weighted by molar-refractivity contribution is -0.414. The van der Waals surface area contributed by atoms with E-state index in [0.717, 1.165) is 0 Å². The average molecular weight is 304 g/mol. The second-order valence-corrected chi connectivity index (χ2v) is 3.35. The first-order valence-corrected chi connectivity index (χ1v) is 4.17. The number of carbonyl (C=O) groups excluding carboxylic acids is 1. The Balaban J connectivity index is 5.52. The second-order valence-electron chi connectivity index (χ2n) is 3.35. The lowest BCUT2D eigenvalue weighted by atomic mass is 10.1. The van der Waals surface area contributed by atoms with Crippen molar-refractivity contribution >= 4 is 5.97 Å². The molecule has 0 saturated carbocycles. The van der Waals surface area contributed by atoms with Gasteiger partial charge in [-0.1, -0.05) is 6.58 Å². The summed E-state index contributed by atoms with van der Waals surface area (Å²) in [5.41, 5.74) is 0. The Morgan fingerprint density at radius 3 is 1.58 bits per heavy atom. The molecule has 0 unspecified atom stereocenters. The summed E-state index contributed by atoms with van der Waals surface area (Å²) in [5, 5.41) is 0. The molecule has 0 aromatic rings. The zero-order chi connectivity index (χ0) is 15.9. The molecule has 0 saturated heterocycles. The zero-order valence-corrected chi connectivity index (χ0v) is 8.93. The van der Waals surface area contributed by atoms with Crippen molar-refractivity contribution in [2.24, 2.45) is 0 Å². The summed E-state index contributed by atoms with van der Waals surface area (Å²) < 4.78 is 115. The van der Waals surface area contributed by atoms with Gasteiger partial charge in [0, 0.05) is 6.92 Å². The van der Waals surface area contributed by atoms with Gasteiger partial charge >= 0.3 is 29.8 Å². The van der Waals surface area contributed by atoms with Crippen molar-refractivity contribution in [3.8, 4) is 0 Å². The van der Waals surface area contributed by atoms with Crippen LogP contribution in [0.4, 0.5) is 39.5 Å². The van der Waals surface area contributed by atoms with Crippen molar-refractivity contribution < 1.29 is 49.0 Å². The molecule has 0 aromatic heterocycles. The number of ether oxygens (including phenoxy) is 1. The van der Waals surface area contributed by atoms with E-state index in [-0.39, 0.29) is 0 Å². The van der Waals surface area contributed by atoms with Gasteiger partial charge in [0.05, 0.1) is 0 Å². The number of carbonyl (C=O) groups is 1. The highest BCUT2D eigenvalue weighted by molar-refractivity contribution is 5.85. The van der Waals surface area contributed by atoms with Gasteiger partial charge in [-0.15, -0.1) is 0 Å². The molecule has 19 heavy (non-hydrogen) atoms. The van der Waals surface area contributed by atoms with E-state index in [1.807, 2.05) is 0 Å². The third-order valence-electron chi connectivity index (χ3n) is 1.75. The predicted octanol–water partition coefficient (Wildman–Crippen LogP) is 3.53. The van der Waals surface area contributed by atoms with E-state index in [1.54, 1.807) is 0 Å². The summed E-state index contributed by atoms with van der Waals surface area (Å²) in [6.45, 7) is 1.33. The highest BCUT2D eigenvalue weighted by Crippen LogP contribution is 2.52. The Bertz CT molecular complexity index is 382. The van der Waals surface area contributed by atoms with Crippen molar-refractivity contribution in [1.29, 1.82) is 0 Å². The van der Waals surface area contributed by atoms with Gasteiger partial charge in [0.2, 0.25) is 5.83 Å². The van der Waals surface area contributed by atoms with Crippen molar-refractivity contribution in [2.75, 3.05) is 0 Å². The summed E-state index contributed by atoms with van der Waals surface area (Å²) in [7, 11) is 0. The summed E-state index contributed by atoms with van der Waals surface area (Å²) in [6.07, 6.45) is -6.37. The first-order chi connectivity index (χ1) is 8.08. The summed E-state index contributed by atoms with van der Waals surface area (Å²) in [5.74, 6) is -24.0. The van der Waals surface area contributed by atoms with Crippen LogP contribution in [0.2, 0.25) is 0 Å². The molecular weight excluding hydrogens is 299 g/mol. The Labute approximate surface area is 99.4 Å². The maximum atomic E-state index is 12.7. The van der Waals surface area contributed by atoms with Crippen LogP contribution in [0.3, 0.4) is 0 Å². The highest BCUT2D eigenvalue weighted by Gasteiger charge is 2.81. The minimum Gasteiger partial charge on any atom is -0.391 e. The molecule has 112 valence electrons. The number of halogens is 9. The van der Waals surface area contributed by atoms with Crippen LogP contribution in [-0.4, -0.2) is 29.8 Å². The molecule has 0 spiro atoms. The van der Waals surface area contributed by atoms with Crippen LogP contribution >= 0.6 is 0 Å². The molecule has 0 aliphatic carbocycles. The molecule has 0 heterocycles. The second kappa shape index (κ2) is 4.60. The smallest absolute Gasteiger partial charge is 0.391 e. The Hall–Kier alpha value is -1.42. The van der Waals surface area contributed by atoms with Gasteiger partial charge < -0.3 is 4.74 Å². The van der Waals surface area contributed by atoms with Crippen LogP contribution in [0.5, 0.6) is 0 Å². The molecule has 0 aromatic carbocycles. The molecule has 0 N–H and O–H groups in total. The maximum Gasteiger partial charge on any atom is 0.473 e. The molecule has 0 fully saturated rings. The van der Waals surface area contributed by atoms with Gasteiger partial charge in [-0.25, -0.2) is 4.79 Å². The molecule has 0 bridgehead atoms. The molecule has 0 rings (SSSR count). The summed E-state index contributed by atoms with van der Waals surface area (Å²) in [4.78, 5) is 10.2. The third kappa shape index (κ3) is 2.95. The molecular formula is C8H5F9O2. The number of rotatable bonds is 5. The molecule has 2 nitrogen and oxygen atoms in total. The topological polar surface area (TPSA) is 26.3 Å². The van der Waals surface area contributed by atoms with E-state index in [1.165, 1.54) is 0 Å². The fourth-order valence-electron chi connectivity index (χ4n) is 0.694. The molecule has 0 atom stereocenters. The van der Waals surface area contributed by atoms with Gasteiger partial charge in [0.1, 0.15) is 0 Å². The van der Waals surface area contributed by atoms with Crippen molar-refractivity contribution in [1.82, 2.24) is 0 Å². The maximum absolute atomic E-state index is 12.7. The summed E-state index contributed by atoms with van der Waals surface area (Å²) >= 11 is 0. The zero-order valence-electron chi connectivity index (χ0n) is 8.93. The van der Waals surface area contributed by atoms with E-state index >= 15 is 0 Å². The largest absolute Gasteiger partial charge is 0.473 e. The SMILES string of the molecule is C=C(F)C(=O)OC(F)(F)C(F)(F)C(F)(F)C(C)(F)F. The molecule has 11 heteroatoms. The minimum atomic E-state index is -6.77. The van der Waals surface area contributed by atoms with Crippen molar-refractivity contribution in [3.05, 3.63) is 12.4 Å². The van der Waals surface area contributed by atoms with Crippen LogP contribution in [0.1, 0.15) is 6.92 Å². The number of hydrogen-bond donors (Lipinski definition) is 0.